The van der Waals surface area contributed by atoms with Gasteiger partial charge < -0.3 is 10.6 Å². The minimum atomic E-state index is 0.0175. The Morgan fingerprint density at radius 1 is 1.33 bits per heavy atom. The number of hydrogen-bond donors (Lipinski definition) is 2. The molecule has 0 saturated heterocycles. The molecular weight excluding hydrogens is 208 g/mol. The van der Waals surface area contributed by atoms with Crippen LogP contribution in [-0.2, 0) is 5.41 Å². The van der Waals surface area contributed by atoms with Gasteiger partial charge in [0.15, 0.2) is 0 Å². The summed E-state index contributed by atoms with van der Waals surface area (Å²) in [6.45, 7) is 8.32. The van der Waals surface area contributed by atoms with Crippen LogP contribution in [0, 0.1) is 0 Å². The molecule has 0 bridgehead atoms. The zero-order valence-corrected chi connectivity index (χ0v) is 10.3. The summed E-state index contributed by atoms with van der Waals surface area (Å²) in [4.78, 5) is 11.9. The van der Waals surface area contributed by atoms with Crippen LogP contribution in [0.25, 0.3) is 0 Å². The minimum Gasteiger partial charge on any atom is -0.357 e. The number of amides is 1. The Kier molecular flexibility index (Phi) is 2.26. The summed E-state index contributed by atoms with van der Waals surface area (Å²) in [7, 11) is 0. The Hall–Kier alpha value is -1.03. The summed E-state index contributed by atoms with van der Waals surface area (Å²) in [5.74, 6) is 0.0439. The third-order valence-corrected chi connectivity index (χ3v) is 3.43. The number of rotatable bonds is 0. The van der Waals surface area contributed by atoms with Crippen LogP contribution in [0.1, 0.15) is 43.6 Å². The number of fused-ring (bicyclic) bond motifs is 1. The van der Waals surface area contributed by atoms with E-state index in [2.05, 4.69) is 36.8 Å². The summed E-state index contributed by atoms with van der Waals surface area (Å²) >= 11 is 1.61. The molecule has 2 heterocycles. The van der Waals surface area contributed by atoms with E-state index in [4.69, 9.17) is 0 Å². The number of carbonyl (C=O) groups excluding carboxylic acids is 1. The second kappa shape index (κ2) is 3.23. The monoisotopic (exact) mass is 224 g/mol. The molecule has 2 rings (SSSR count). The predicted octanol–water partition coefficient (Wildman–Crippen LogP) is 2.55. The molecule has 0 aromatic carbocycles. The van der Waals surface area contributed by atoms with E-state index in [1.165, 1.54) is 0 Å². The molecule has 1 amide bonds. The molecule has 4 heteroatoms. The van der Waals surface area contributed by atoms with Gasteiger partial charge in [0.2, 0.25) is 0 Å². The van der Waals surface area contributed by atoms with E-state index in [1.54, 1.807) is 11.3 Å². The van der Waals surface area contributed by atoms with E-state index >= 15 is 0 Å². The first-order valence-electron chi connectivity index (χ1n) is 5.09. The van der Waals surface area contributed by atoms with Crippen molar-refractivity contribution in [3.05, 3.63) is 16.5 Å². The van der Waals surface area contributed by atoms with E-state index in [1.807, 2.05) is 6.92 Å². The summed E-state index contributed by atoms with van der Waals surface area (Å²) in [5.41, 5.74) is 1.97. The molecule has 3 nitrogen and oxygen atoms in total. The molecule has 1 aliphatic rings. The van der Waals surface area contributed by atoms with Crippen LogP contribution in [0.4, 0.5) is 5.00 Å². The van der Waals surface area contributed by atoms with E-state index in [0.29, 0.717) is 0 Å². The van der Waals surface area contributed by atoms with Crippen LogP contribution >= 0.6 is 11.3 Å². The maximum absolute atomic E-state index is 11.9. The average Bonchev–Trinajstić information content (AvgIpc) is 2.45. The van der Waals surface area contributed by atoms with Crippen molar-refractivity contribution < 1.29 is 4.79 Å². The van der Waals surface area contributed by atoms with Crippen molar-refractivity contribution in [1.82, 2.24) is 5.32 Å². The molecule has 1 aromatic heterocycles. The first-order valence-corrected chi connectivity index (χ1v) is 5.97. The normalized spacial score (nSPS) is 20.5. The van der Waals surface area contributed by atoms with Crippen molar-refractivity contribution in [1.29, 1.82) is 0 Å². The Bertz CT molecular complexity index is 403. The maximum atomic E-state index is 11.9. The van der Waals surface area contributed by atoms with Gasteiger partial charge in [-0.3, -0.25) is 4.79 Å². The molecule has 0 fully saturated rings. The molecule has 0 aliphatic carbocycles. The molecule has 82 valence electrons. The van der Waals surface area contributed by atoms with Gasteiger partial charge in [0, 0.05) is 0 Å². The van der Waals surface area contributed by atoms with Crippen molar-refractivity contribution in [2.24, 2.45) is 0 Å². The van der Waals surface area contributed by atoms with E-state index in [0.717, 1.165) is 16.1 Å². The Labute approximate surface area is 93.9 Å². The highest BCUT2D eigenvalue weighted by Gasteiger charge is 2.30. The first kappa shape index (κ1) is 10.5. The first-order chi connectivity index (χ1) is 6.89. The van der Waals surface area contributed by atoms with Crippen molar-refractivity contribution in [3.8, 4) is 0 Å². The fourth-order valence-electron chi connectivity index (χ4n) is 1.74. The van der Waals surface area contributed by atoms with Crippen molar-refractivity contribution in [2.45, 2.75) is 39.3 Å². The maximum Gasteiger partial charge on any atom is 0.256 e. The fraction of sp³-hybridized carbons (Fsp3) is 0.545. The van der Waals surface area contributed by atoms with Gasteiger partial charge in [0.05, 0.1) is 11.7 Å². The van der Waals surface area contributed by atoms with Crippen LogP contribution < -0.4 is 10.6 Å². The molecule has 1 unspecified atom stereocenters. The molecular formula is C11H16N2OS. The number of carbonyl (C=O) groups is 1. The Morgan fingerprint density at radius 3 is 2.60 bits per heavy atom. The van der Waals surface area contributed by atoms with Crippen LogP contribution in [0.5, 0.6) is 0 Å². The smallest absolute Gasteiger partial charge is 0.256 e. The predicted molar refractivity (Wildman–Crippen MR) is 63.6 cm³/mol. The lowest BCUT2D eigenvalue weighted by Gasteiger charge is -2.26. The number of hydrogen-bond acceptors (Lipinski definition) is 3. The lowest BCUT2D eigenvalue weighted by Crippen LogP contribution is -2.43. The van der Waals surface area contributed by atoms with Crippen LogP contribution in [0.3, 0.4) is 0 Å². The van der Waals surface area contributed by atoms with Crippen molar-refractivity contribution in [3.63, 3.8) is 0 Å². The summed E-state index contributed by atoms with van der Waals surface area (Å²) in [6, 6.07) is 0. The topological polar surface area (TPSA) is 41.1 Å². The second-order valence-electron chi connectivity index (χ2n) is 4.94. The second-order valence-corrected chi connectivity index (χ2v) is 5.82. The zero-order chi connectivity index (χ0) is 11.2. The van der Waals surface area contributed by atoms with Crippen molar-refractivity contribution in [2.75, 3.05) is 5.32 Å². The average molecular weight is 224 g/mol. The SMILES string of the molecule is CC1NC(=O)c2c(C(C)(C)C)csc2N1. The van der Waals surface area contributed by atoms with Gasteiger partial charge in [-0.05, 0) is 23.3 Å². The molecule has 1 aromatic rings. The molecule has 0 spiro atoms. The lowest BCUT2D eigenvalue weighted by atomic mass is 9.85. The van der Waals surface area contributed by atoms with Crippen LogP contribution in [-0.4, -0.2) is 12.1 Å². The summed E-state index contributed by atoms with van der Waals surface area (Å²) in [6.07, 6.45) is 0.0245. The largest absolute Gasteiger partial charge is 0.357 e. The number of anilines is 1. The van der Waals surface area contributed by atoms with Crippen molar-refractivity contribution >= 4 is 22.2 Å². The highest BCUT2D eigenvalue weighted by molar-refractivity contribution is 7.14. The summed E-state index contributed by atoms with van der Waals surface area (Å²) in [5, 5.41) is 9.24. The Morgan fingerprint density at radius 2 is 2.00 bits per heavy atom. The molecule has 0 saturated carbocycles. The highest BCUT2D eigenvalue weighted by Crippen LogP contribution is 2.37. The fourth-order valence-corrected chi connectivity index (χ4v) is 3.02. The lowest BCUT2D eigenvalue weighted by molar-refractivity contribution is 0.0937. The molecule has 2 N–H and O–H groups in total. The number of thiophene rings is 1. The quantitative estimate of drug-likeness (QED) is 0.711. The molecule has 1 atom stereocenters. The summed E-state index contributed by atoms with van der Waals surface area (Å²) < 4.78 is 0. The van der Waals surface area contributed by atoms with Gasteiger partial charge in [0.25, 0.3) is 5.91 Å². The van der Waals surface area contributed by atoms with E-state index in [-0.39, 0.29) is 17.5 Å². The van der Waals surface area contributed by atoms with Gasteiger partial charge in [-0.2, -0.15) is 0 Å². The number of nitrogens with one attached hydrogen (secondary N) is 2. The van der Waals surface area contributed by atoms with Gasteiger partial charge in [-0.15, -0.1) is 11.3 Å². The Balaban J connectivity index is 2.51. The molecule has 0 radical (unpaired) electrons. The third-order valence-electron chi connectivity index (χ3n) is 2.52. The standard InChI is InChI=1S/C11H16N2OS/c1-6-12-9(14)8-7(11(2,3)4)5-15-10(8)13-6/h5-6,13H,1-4H3,(H,12,14). The van der Waals surface area contributed by atoms with Gasteiger partial charge in [-0.1, -0.05) is 20.8 Å². The van der Waals surface area contributed by atoms with Crippen LogP contribution in [0.15, 0.2) is 5.38 Å². The molecule has 1 aliphatic heterocycles. The zero-order valence-electron chi connectivity index (χ0n) is 9.47. The van der Waals surface area contributed by atoms with E-state index in [9.17, 15) is 4.79 Å². The molecule has 15 heavy (non-hydrogen) atoms. The van der Waals surface area contributed by atoms with Gasteiger partial charge >= 0.3 is 0 Å². The van der Waals surface area contributed by atoms with Gasteiger partial charge in [-0.25, -0.2) is 0 Å². The highest BCUT2D eigenvalue weighted by atomic mass is 32.1. The third kappa shape index (κ3) is 1.74. The van der Waals surface area contributed by atoms with Crippen LogP contribution in [0.2, 0.25) is 0 Å². The minimum absolute atomic E-state index is 0.0175. The van der Waals surface area contributed by atoms with Gasteiger partial charge in [0.1, 0.15) is 5.00 Å². The van der Waals surface area contributed by atoms with E-state index < -0.39 is 0 Å².